The van der Waals surface area contributed by atoms with Gasteiger partial charge in [0.25, 0.3) is 17.7 Å². The number of imide groups is 1. The number of aromatic nitrogens is 2. The zero-order valence-electron chi connectivity index (χ0n) is 15.6. The molecule has 0 saturated carbocycles. The Morgan fingerprint density at radius 3 is 2.66 bits per heavy atom. The van der Waals surface area contributed by atoms with Crippen LogP contribution in [-0.2, 0) is 9.59 Å². The molecule has 2 N–H and O–H groups in total. The number of hydrogen-bond donors (Lipinski definition) is 2. The van der Waals surface area contributed by atoms with Crippen LogP contribution >= 0.6 is 0 Å². The van der Waals surface area contributed by atoms with Crippen LogP contribution in [0.5, 0.6) is 0 Å². The third-order valence-corrected chi connectivity index (χ3v) is 4.46. The van der Waals surface area contributed by atoms with Crippen molar-refractivity contribution in [1.82, 2.24) is 15.0 Å². The molecule has 8 heteroatoms. The molecule has 0 saturated heterocycles. The summed E-state index contributed by atoms with van der Waals surface area (Å²) in [7, 11) is 0. The van der Waals surface area contributed by atoms with Gasteiger partial charge in [0.15, 0.2) is 0 Å². The minimum atomic E-state index is -0.478. The molecule has 0 unspecified atom stereocenters. The Hall–Kier alpha value is -3.78. The van der Waals surface area contributed by atoms with Crippen molar-refractivity contribution in [3.05, 3.63) is 65.9 Å². The number of aliphatic hydroxyl groups is 1. The topological polar surface area (TPSA) is 109 Å². The molecule has 0 bridgehead atoms. The molecule has 2 heterocycles. The summed E-state index contributed by atoms with van der Waals surface area (Å²) in [5.74, 6) is -0.109. The van der Waals surface area contributed by atoms with Gasteiger partial charge in [0.1, 0.15) is 5.70 Å². The number of rotatable bonds is 6. The van der Waals surface area contributed by atoms with Gasteiger partial charge in [-0.25, -0.2) is 0 Å². The van der Waals surface area contributed by atoms with E-state index in [1.165, 1.54) is 6.08 Å². The Labute approximate surface area is 166 Å². The maximum absolute atomic E-state index is 12.3. The first-order valence-corrected chi connectivity index (χ1v) is 9.02. The molecule has 0 aliphatic carbocycles. The molecule has 2 amide bonds. The lowest BCUT2D eigenvalue weighted by Gasteiger charge is -2.13. The number of carbonyl (C=O) groups is 2. The number of nitrogens with zero attached hydrogens (tertiary/aromatic N) is 3. The molecule has 29 heavy (non-hydrogen) atoms. The third kappa shape index (κ3) is 3.78. The van der Waals surface area contributed by atoms with Gasteiger partial charge in [-0.1, -0.05) is 41.1 Å². The summed E-state index contributed by atoms with van der Waals surface area (Å²) < 4.78 is 5.39. The number of aliphatic hydroxyl groups excluding tert-OH is 1. The molecule has 146 valence electrons. The highest BCUT2D eigenvalue weighted by Gasteiger charge is 2.30. The Morgan fingerprint density at radius 2 is 1.90 bits per heavy atom. The fourth-order valence-corrected chi connectivity index (χ4v) is 2.96. The molecule has 0 atom stereocenters. The largest absolute Gasteiger partial charge is 0.395 e. The van der Waals surface area contributed by atoms with E-state index in [1.807, 2.05) is 37.3 Å². The molecule has 1 aliphatic heterocycles. The SMILES string of the molecule is Cc1ccc(-c2noc(-c3cccc(NC4=CC(=O)N(CCO)C4=O)c3)n2)cc1. The standard InChI is InChI=1S/C21H18N4O4/c1-13-5-7-14(8-6-13)19-23-20(29-24-19)15-3-2-4-16(11-15)22-17-12-18(27)25(9-10-26)21(17)28/h2-8,11-12,22,26H,9-10H2,1H3. The number of nitrogens with one attached hydrogen (secondary N) is 1. The second-order valence-corrected chi connectivity index (χ2v) is 6.57. The van der Waals surface area contributed by atoms with Crippen molar-refractivity contribution in [1.29, 1.82) is 0 Å². The van der Waals surface area contributed by atoms with Crippen molar-refractivity contribution in [2.75, 3.05) is 18.5 Å². The summed E-state index contributed by atoms with van der Waals surface area (Å²) in [6.07, 6.45) is 1.22. The second kappa shape index (κ2) is 7.69. The van der Waals surface area contributed by atoms with Gasteiger partial charge < -0.3 is 14.9 Å². The molecule has 4 rings (SSSR count). The van der Waals surface area contributed by atoms with E-state index in [0.29, 0.717) is 23.0 Å². The van der Waals surface area contributed by atoms with Crippen LogP contribution in [0, 0.1) is 6.92 Å². The van der Waals surface area contributed by atoms with Gasteiger partial charge >= 0.3 is 0 Å². The Bertz CT molecular complexity index is 1100. The van der Waals surface area contributed by atoms with Gasteiger partial charge in [-0.05, 0) is 25.1 Å². The van der Waals surface area contributed by atoms with Crippen molar-refractivity contribution >= 4 is 17.5 Å². The summed E-state index contributed by atoms with van der Waals surface area (Å²) in [4.78, 5) is 29.6. The van der Waals surface area contributed by atoms with E-state index in [2.05, 4.69) is 15.5 Å². The first-order valence-electron chi connectivity index (χ1n) is 9.02. The number of amides is 2. The van der Waals surface area contributed by atoms with E-state index in [-0.39, 0.29) is 18.8 Å². The molecule has 8 nitrogen and oxygen atoms in total. The fraction of sp³-hybridized carbons (Fsp3) is 0.143. The summed E-state index contributed by atoms with van der Waals surface area (Å²) in [5, 5.41) is 16.0. The molecule has 0 spiro atoms. The van der Waals surface area contributed by atoms with Crippen LogP contribution < -0.4 is 5.32 Å². The molecule has 0 radical (unpaired) electrons. The van der Waals surface area contributed by atoms with Crippen molar-refractivity contribution in [3.8, 4) is 22.8 Å². The number of carbonyl (C=O) groups excluding carboxylic acids is 2. The monoisotopic (exact) mass is 390 g/mol. The highest BCUT2D eigenvalue weighted by atomic mass is 16.5. The first-order chi connectivity index (χ1) is 14.0. The smallest absolute Gasteiger partial charge is 0.277 e. The van der Waals surface area contributed by atoms with Crippen molar-refractivity contribution in [2.45, 2.75) is 6.92 Å². The van der Waals surface area contributed by atoms with E-state index >= 15 is 0 Å². The van der Waals surface area contributed by atoms with Crippen LogP contribution in [-0.4, -0.2) is 45.1 Å². The van der Waals surface area contributed by atoms with Gasteiger partial charge in [0, 0.05) is 22.9 Å². The van der Waals surface area contributed by atoms with Gasteiger partial charge in [0.05, 0.1) is 13.2 Å². The van der Waals surface area contributed by atoms with E-state index in [9.17, 15) is 9.59 Å². The lowest BCUT2D eigenvalue weighted by Crippen LogP contribution is -2.34. The zero-order valence-corrected chi connectivity index (χ0v) is 15.6. The highest BCUT2D eigenvalue weighted by molar-refractivity contribution is 6.17. The van der Waals surface area contributed by atoms with E-state index in [4.69, 9.17) is 9.63 Å². The summed E-state index contributed by atoms with van der Waals surface area (Å²) >= 11 is 0. The fourth-order valence-electron chi connectivity index (χ4n) is 2.96. The summed E-state index contributed by atoms with van der Waals surface area (Å²) in [5.41, 5.74) is 3.40. The number of anilines is 1. The number of β-amino-alcohol motifs (C(OH)–C–C–N with tert-alkyl or cyclic N) is 1. The average Bonchev–Trinajstić information content (AvgIpc) is 3.30. The predicted molar refractivity (Wildman–Crippen MR) is 105 cm³/mol. The highest BCUT2D eigenvalue weighted by Crippen LogP contribution is 2.26. The number of benzene rings is 2. The van der Waals surface area contributed by atoms with Gasteiger partial charge in [-0.3, -0.25) is 14.5 Å². The predicted octanol–water partition coefficient (Wildman–Crippen LogP) is 2.37. The van der Waals surface area contributed by atoms with Crippen LogP contribution in [0.4, 0.5) is 5.69 Å². The Morgan fingerprint density at radius 1 is 1.10 bits per heavy atom. The molecule has 1 aliphatic rings. The minimum Gasteiger partial charge on any atom is -0.395 e. The van der Waals surface area contributed by atoms with Crippen LogP contribution in [0.15, 0.2) is 64.8 Å². The molecule has 3 aromatic rings. The third-order valence-electron chi connectivity index (χ3n) is 4.46. The van der Waals surface area contributed by atoms with E-state index < -0.39 is 11.8 Å². The van der Waals surface area contributed by atoms with Crippen molar-refractivity contribution in [3.63, 3.8) is 0 Å². The lowest BCUT2D eigenvalue weighted by atomic mass is 10.1. The maximum Gasteiger partial charge on any atom is 0.277 e. The maximum atomic E-state index is 12.3. The second-order valence-electron chi connectivity index (χ2n) is 6.57. The Kier molecular flexibility index (Phi) is 4.92. The molecule has 0 fully saturated rings. The van der Waals surface area contributed by atoms with Crippen LogP contribution in [0.25, 0.3) is 22.8 Å². The number of aryl methyl sites for hydroxylation is 1. The van der Waals surface area contributed by atoms with E-state index in [1.54, 1.807) is 18.2 Å². The lowest BCUT2D eigenvalue weighted by molar-refractivity contribution is -0.137. The normalized spacial score (nSPS) is 13.7. The van der Waals surface area contributed by atoms with Crippen molar-refractivity contribution < 1.29 is 19.2 Å². The van der Waals surface area contributed by atoms with Crippen LogP contribution in [0.2, 0.25) is 0 Å². The molecular weight excluding hydrogens is 372 g/mol. The molecule has 1 aromatic heterocycles. The summed E-state index contributed by atoms with van der Waals surface area (Å²) in [6.45, 7) is 1.68. The first kappa shape index (κ1) is 18.6. The molecule has 2 aromatic carbocycles. The average molecular weight is 390 g/mol. The van der Waals surface area contributed by atoms with E-state index in [0.717, 1.165) is 16.0 Å². The van der Waals surface area contributed by atoms with Gasteiger partial charge in [-0.15, -0.1) is 0 Å². The van der Waals surface area contributed by atoms with Crippen LogP contribution in [0.3, 0.4) is 0 Å². The molecular formula is C21H18N4O4. The quantitative estimate of drug-likeness (QED) is 0.622. The summed E-state index contributed by atoms with van der Waals surface area (Å²) in [6, 6.07) is 14.9. The number of hydrogen-bond acceptors (Lipinski definition) is 7. The van der Waals surface area contributed by atoms with Crippen LogP contribution in [0.1, 0.15) is 5.56 Å². The van der Waals surface area contributed by atoms with Gasteiger partial charge in [0.2, 0.25) is 5.82 Å². The van der Waals surface area contributed by atoms with Crippen molar-refractivity contribution in [2.24, 2.45) is 0 Å². The minimum absolute atomic E-state index is 0.0385. The Balaban J connectivity index is 1.54. The van der Waals surface area contributed by atoms with Gasteiger partial charge in [-0.2, -0.15) is 4.98 Å². The zero-order chi connectivity index (χ0) is 20.4.